The van der Waals surface area contributed by atoms with E-state index in [2.05, 4.69) is 15.3 Å². The van der Waals surface area contributed by atoms with Crippen molar-refractivity contribution in [1.82, 2.24) is 5.32 Å². The number of amides is 1. The zero-order chi connectivity index (χ0) is 26.5. The number of hydrogen-bond donors (Lipinski definition) is 2. The van der Waals surface area contributed by atoms with Crippen LogP contribution in [0.15, 0.2) is 9.98 Å². The standard InChI is InChI=1S/C17H33N3O4S12/c1-25-4-18-8-36(24)16-33-14-31-12-30-13-32-15-34-17(22)20-6-27-10-29-11-28-9-26-5-19-7-35(23)3-2-21/h7-8,21H,2-6,9-16H2,1H3,(H,20,22). The average Bonchev–Trinajstić information content (AvgIpc) is 2.86. The number of hydrogen-bond acceptors (Lipinski definition) is 16. The highest BCUT2D eigenvalue weighted by atomic mass is 32.3. The smallest absolute Gasteiger partial charge is 0.280 e. The monoisotopic (exact) mass is 727 g/mol. The third-order valence-corrected chi connectivity index (χ3v) is 16.4. The Bertz CT molecular complexity index is 634. The van der Waals surface area contributed by atoms with Gasteiger partial charge in [0, 0.05) is 35.6 Å². The van der Waals surface area contributed by atoms with Crippen molar-refractivity contribution in [1.29, 1.82) is 0 Å². The molecule has 1 amide bonds. The lowest BCUT2D eigenvalue weighted by molar-refractivity contribution is 0.262. The van der Waals surface area contributed by atoms with Crippen LogP contribution >= 0.6 is 118 Å². The first-order chi connectivity index (χ1) is 17.6. The van der Waals surface area contributed by atoms with Gasteiger partial charge >= 0.3 is 0 Å². The van der Waals surface area contributed by atoms with Crippen LogP contribution in [0.4, 0.5) is 4.79 Å². The molecule has 0 fully saturated rings. The fourth-order valence-corrected chi connectivity index (χ4v) is 13.8. The van der Waals surface area contributed by atoms with Gasteiger partial charge in [-0.1, -0.05) is 11.8 Å². The highest BCUT2D eigenvalue weighted by molar-refractivity contribution is 8.30. The third-order valence-electron chi connectivity index (χ3n) is 2.84. The van der Waals surface area contributed by atoms with Crippen LogP contribution in [0.2, 0.25) is 0 Å². The normalized spacial score (nSPS) is 13.5. The van der Waals surface area contributed by atoms with Gasteiger partial charge < -0.3 is 10.4 Å². The Labute approximate surface area is 263 Å². The van der Waals surface area contributed by atoms with E-state index in [1.54, 1.807) is 64.4 Å². The van der Waals surface area contributed by atoms with Crippen molar-refractivity contribution in [3.63, 3.8) is 0 Å². The van der Waals surface area contributed by atoms with Crippen molar-refractivity contribution in [2.45, 2.75) is 0 Å². The molecule has 2 N–H and O–H groups in total. The first kappa shape index (κ1) is 38.6. The lowest BCUT2D eigenvalue weighted by atomic mass is 10.9. The van der Waals surface area contributed by atoms with Gasteiger partial charge in [0.2, 0.25) is 0 Å². The topological polar surface area (TPSA) is 108 Å². The van der Waals surface area contributed by atoms with E-state index in [4.69, 9.17) is 5.11 Å². The van der Waals surface area contributed by atoms with E-state index in [9.17, 15) is 13.2 Å². The van der Waals surface area contributed by atoms with Crippen molar-refractivity contribution in [2.24, 2.45) is 9.98 Å². The zero-order valence-corrected chi connectivity index (χ0v) is 29.6. The van der Waals surface area contributed by atoms with Crippen molar-refractivity contribution >= 4 is 156 Å². The minimum atomic E-state index is -1.16. The number of carbonyl (C=O) groups is 1. The molecule has 2 atom stereocenters. The molecule has 0 aromatic rings. The van der Waals surface area contributed by atoms with Gasteiger partial charge in [0.15, 0.2) is 0 Å². The second-order valence-corrected chi connectivity index (χ2v) is 20.8. The Kier molecular flexibility index (Phi) is 34.4. The van der Waals surface area contributed by atoms with E-state index in [1.807, 2.05) is 53.3 Å². The summed E-state index contributed by atoms with van der Waals surface area (Å²) in [4.78, 5) is 20.0. The van der Waals surface area contributed by atoms with Crippen molar-refractivity contribution in [3.05, 3.63) is 0 Å². The molecule has 0 spiro atoms. The lowest BCUT2D eigenvalue weighted by Gasteiger charge is -2.05. The first-order valence-electron chi connectivity index (χ1n) is 9.96. The molecule has 0 rings (SSSR count). The van der Waals surface area contributed by atoms with Crippen LogP contribution in [-0.4, -0.2) is 107 Å². The Hall–Kier alpha value is 2.57. The summed E-state index contributed by atoms with van der Waals surface area (Å²) in [5.74, 6) is 2.12. The molecule has 0 saturated carbocycles. The quantitative estimate of drug-likeness (QED) is 0.0490. The number of aliphatic hydroxyl groups excluding tert-OH is 1. The summed E-state index contributed by atoms with van der Waals surface area (Å²) in [7, 11) is -2.13. The Morgan fingerprint density at radius 1 is 0.778 bits per heavy atom. The maximum absolute atomic E-state index is 11.8. The summed E-state index contributed by atoms with van der Waals surface area (Å²) in [5.41, 5.74) is 2.95. The minimum Gasteiger partial charge on any atom is -0.395 e. The summed E-state index contributed by atoms with van der Waals surface area (Å²) in [6.45, 7) is -0.0828. The molecule has 0 aliphatic heterocycles. The summed E-state index contributed by atoms with van der Waals surface area (Å²) < 4.78 is 22.9. The van der Waals surface area contributed by atoms with Gasteiger partial charge in [-0.25, -0.2) is 0 Å². The molecule has 7 nitrogen and oxygen atoms in total. The summed E-state index contributed by atoms with van der Waals surface area (Å²) in [6.07, 6.45) is 1.97. The SMILES string of the molecule is CSCN=CS(=O)CSCSCSCSCSC(=O)NCSCSCSCSCN=CS(=O)CCO. The second kappa shape index (κ2) is 32.1. The van der Waals surface area contributed by atoms with Crippen LogP contribution in [0.3, 0.4) is 0 Å². The van der Waals surface area contributed by atoms with Crippen LogP contribution in [0.1, 0.15) is 0 Å². The van der Waals surface area contributed by atoms with E-state index in [0.717, 1.165) is 35.6 Å². The average molecular weight is 728 g/mol. The molecular weight excluding hydrogens is 695 g/mol. The van der Waals surface area contributed by atoms with Gasteiger partial charge in [0.25, 0.3) is 5.24 Å². The van der Waals surface area contributed by atoms with Gasteiger partial charge in [-0.3, -0.25) is 23.2 Å². The molecule has 0 heterocycles. The molecule has 212 valence electrons. The van der Waals surface area contributed by atoms with E-state index in [0.29, 0.717) is 22.7 Å². The molecule has 19 heteroatoms. The van der Waals surface area contributed by atoms with Gasteiger partial charge in [-0.2, -0.15) is 0 Å². The molecule has 0 saturated heterocycles. The van der Waals surface area contributed by atoms with Crippen molar-refractivity contribution < 1.29 is 18.3 Å². The molecule has 0 aromatic heterocycles. The van der Waals surface area contributed by atoms with E-state index >= 15 is 0 Å². The minimum absolute atomic E-state index is 0.0242. The third kappa shape index (κ3) is 31.1. The van der Waals surface area contributed by atoms with Crippen LogP contribution < -0.4 is 5.32 Å². The van der Waals surface area contributed by atoms with E-state index in [-0.39, 0.29) is 17.6 Å². The molecule has 0 radical (unpaired) electrons. The molecule has 2 unspecified atom stereocenters. The maximum atomic E-state index is 11.8. The number of nitrogens with one attached hydrogen (secondary N) is 1. The number of aliphatic hydroxyl groups is 1. The largest absolute Gasteiger partial charge is 0.395 e. The highest BCUT2D eigenvalue weighted by Gasteiger charge is 2.02. The van der Waals surface area contributed by atoms with Crippen LogP contribution in [0.5, 0.6) is 0 Å². The van der Waals surface area contributed by atoms with Crippen LogP contribution in [-0.2, 0) is 21.6 Å². The van der Waals surface area contributed by atoms with E-state index in [1.165, 1.54) is 17.3 Å². The second-order valence-electron chi connectivity index (χ2n) is 5.64. The number of thioether (sulfide) groups is 10. The fourth-order valence-electron chi connectivity index (χ4n) is 1.50. The van der Waals surface area contributed by atoms with Crippen molar-refractivity contribution in [2.75, 3.05) is 76.9 Å². The van der Waals surface area contributed by atoms with Crippen LogP contribution in [0, 0.1) is 0 Å². The lowest BCUT2D eigenvalue weighted by Crippen LogP contribution is -2.17. The van der Waals surface area contributed by atoms with Gasteiger partial charge in [-0.05, 0) is 6.26 Å². The zero-order valence-electron chi connectivity index (χ0n) is 19.8. The number of nitrogens with zero attached hydrogens (tertiary/aromatic N) is 2. The molecule has 0 bridgehead atoms. The number of carbonyl (C=O) groups excluding carboxylic acids is 1. The Balaban J connectivity index is 3.30. The maximum Gasteiger partial charge on any atom is 0.280 e. The van der Waals surface area contributed by atoms with E-state index < -0.39 is 21.6 Å². The molecule has 36 heavy (non-hydrogen) atoms. The molecule has 0 aliphatic rings. The summed E-state index contributed by atoms with van der Waals surface area (Å²) in [5, 5.41) is 18.7. The van der Waals surface area contributed by atoms with Gasteiger partial charge in [0.1, 0.15) is 0 Å². The number of rotatable bonds is 26. The van der Waals surface area contributed by atoms with Crippen molar-refractivity contribution in [3.8, 4) is 0 Å². The molecule has 0 aromatic carbocycles. The fraction of sp³-hybridized carbons (Fsp3) is 0.824. The summed E-state index contributed by atoms with van der Waals surface area (Å²) >= 11 is 17.0. The number of aliphatic imine (C=N–C) groups is 2. The Morgan fingerprint density at radius 3 is 2.00 bits per heavy atom. The first-order valence-corrected chi connectivity index (χ1v) is 24.3. The molecule has 0 aliphatic carbocycles. The van der Waals surface area contributed by atoms with Crippen LogP contribution in [0.25, 0.3) is 0 Å². The summed E-state index contributed by atoms with van der Waals surface area (Å²) in [6, 6.07) is 0. The highest BCUT2D eigenvalue weighted by Crippen LogP contribution is 2.24. The van der Waals surface area contributed by atoms with Gasteiger partial charge in [0.05, 0.1) is 67.8 Å². The van der Waals surface area contributed by atoms with Gasteiger partial charge in [-0.15, -0.1) is 106 Å². The predicted octanol–water partition coefficient (Wildman–Crippen LogP) is 5.74. The molecular formula is C17H33N3O4S12. The Morgan fingerprint density at radius 2 is 1.33 bits per heavy atom. The predicted molar refractivity (Wildman–Crippen MR) is 189 cm³/mol.